The van der Waals surface area contributed by atoms with Gasteiger partial charge in [-0.15, -0.1) is 0 Å². The molecule has 1 fully saturated rings. The lowest BCUT2D eigenvalue weighted by molar-refractivity contribution is -0.0835. The molecule has 8 heteroatoms. The van der Waals surface area contributed by atoms with E-state index in [1.807, 2.05) is 19.1 Å². The van der Waals surface area contributed by atoms with Crippen LogP contribution in [0.15, 0.2) is 34.2 Å². The van der Waals surface area contributed by atoms with E-state index in [1.165, 1.54) is 4.31 Å². The van der Waals surface area contributed by atoms with Gasteiger partial charge >= 0.3 is 0 Å². The number of hydrogen-bond acceptors (Lipinski definition) is 4. The molecule has 30 heavy (non-hydrogen) atoms. The lowest BCUT2D eigenvalue weighted by atomic mass is 9.78. The third kappa shape index (κ3) is 6.43. The van der Waals surface area contributed by atoms with Crippen molar-refractivity contribution in [3.05, 3.63) is 29.8 Å². The summed E-state index contributed by atoms with van der Waals surface area (Å²) in [7, 11) is -0.433. The van der Waals surface area contributed by atoms with E-state index in [-0.39, 0.29) is 18.1 Å². The molecule has 1 heterocycles. The molecule has 0 amide bonds. The van der Waals surface area contributed by atoms with Crippen LogP contribution in [0.5, 0.6) is 0 Å². The van der Waals surface area contributed by atoms with Gasteiger partial charge in [0.25, 0.3) is 0 Å². The van der Waals surface area contributed by atoms with Gasteiger partial charge in [0.2, 0.25) is 10.0 Å². The van der Waals surface area contributed by atoms with E-state index in [9.17, 15) is 8.42 Å². The number of guanidine groups is 1. The topological polar surface area (TPSA) is 83.0 Å². The summed E-state index contributed by atoms with van der Waals surface area (Å²) in [6.45, 7) is 11.3. The molecule has 1 aromatic carbocycles. The van der Waals surface area contributed by atoms with Crippen LogP contribution in [0.2, 0.25) is 0 Å². The van der Waals surface area contributed by atoms with Crippen molar-refractivity contribution in [3.63, 3.8) is 0 Å². The van der Waals surface area contributed by atoms with Crippen LogP contribution < -0.4 is 10.6 Å². The Morgan fingerprint density at radius 3 is 2.57 bits per heavy atom. The van der Waals surface area contributed by atoms with Crippen molar-refractivity contribution >= 4 is 16.0 Å². The molecule has 7 nitrogen and oxygen atoms in total. The summed E-state index contributed by atoms with van der Waals surface area (Å²) in [6.07, 6.45) is 2.40. The van der Waals surface area contributed by atoms with Crippen molar-refractivity contribution in [2.75, 3.05) is 33.8 Å². The Kier molecular flexibility index (Phi) is 8.70. The molecule has 0 spiro atoms. The van der Waals surface area contributed by atoms with E-state index < -0.39 is 10.0 Å². The number of ether oxygens (including phenoxy) is 1. The van der Waals surface area contributed by atoms with Crippen LogP contribution in [0.4, 0.5) is 0 Å². The van der Waals surface area contributed by atoms with Crippen LogP contribution in [0.3, 0.4) is 0 Å². The second kappa shape index (κ2) is 10.6. The summed E-state index contributed by atoms with van der Waals surface area (Å²) in [5, 5.41) is 6.71. The van der Waals surface area contributed by atoms with Crippen molar-refractivity contribution in [1.82, 2.24) is 14.9 Å². The maximum atomic E-state index is 12.6. The second-order valence-corrected chi connectivity index (χ2v) is 11.2. The molecule has 0 radical (unpaired) electrons. The van der Waals surface area contributed by atoms with Gasteiger partial charge in [0.15, 0.2) is 5.96 Å². The van der Waals surface area contributed by atoms with Gasteiger partial charge in [0.1, 0.15) is 0 Å². The van der Waals surface area contributed by atoms with Crippen molar-refractivity contribution in [2.45, 2.75) is 58.1 Å². The van der Waals surface area contributed by atoms with E-state index in [4.69, 9.17) is 4.74 Å². The van der Waals surface area contributed by atoms with Crippen LogP contribution in [0, 0.1) is 11.3 Å². The molecule has 0 aliphatic carbocycles. The number of hydrogen-bond donors (Lipinski definition) is 2. The predicted octanol–water partition coefficient (Wildman–Crippen LogP) is 2.83. The SMILES string of the molecule is CCNC(=NCc1ccccc1S(=O)(=O)N(C)C)NCC1CCCOC1C(C)(C)C. The molecule has 2 unspecified atom stereocenters. The van der Waals surface area contributed by atoms with E-state index in [1.54, 1.807) is 26.2 Å². The van der Waals surface area contributed by atoms with E-state index in [2.05, 4.69) is 36.4 Å². The summed E-state index contributed by atoms with van der Waals surface area (Å²) in [5.41, 5.74) is 0.763. The molecular weight excluding hydrogens is 400 g/mol. The van der Waals surface area contributed by atoms with Gasteiger partial charge < -0.3 is 15.4 Å². The number of nitrogens with zero attached hydrogens (tertiary/aromatic N) is 2. The first-order chi connectivity index (χ1) is 14.1. The highest BCUT2D eigenvalue weighted by Crippen LogP contribution is 2.33. The summed E-state index contributed by atoms with van der Waals surface area (Å²) >= 11 is 0. The zero-order valence-electron chi connectivity index (χ0n) is 19.2. The highest BCUT2D eigenvalue weighted by molar-refractivity contribution is 7.89. The molecule has 1 aliphatic heterocycles. The fourth-order valence-electron chi connectivity index (χ4n) is 3.83. The largest absolute Gasteiger partial charge is 0.377 e. The number of benzene rings is 1. The highest BCUT2D eigenvalue weighted by atomic mass is 32.2. The molecule has 2 atom stereocenters. The minimum Gasteiger partial charge on any atom is -0.377 e. The zero-order valence-corrected chi connectivity index (χ0v) is 20.1. The summed E-state index contributed by atoms with van der Waals surface area (Å²) in [5.74, 6) is 1.09. The van der Waals surface area contributed by atoms with Gasteiger partial charge in [0.05, 0.1) is 17.5 Å². The quantitative estimate of drug-likeness (QED) is 0.505. The van der Waals surface area contributed by atoms with E-state index >= 15 is 0 Å². The molecule has 1 aliphatic rings. The molecule has 0 bridgehead atoms. The van der Waals surface area contributed by atoms with Crippen LogP contribution in [-0.4, -0.2) is 58.6 Å². The second-order valence-electron chi connectivity index (χ2n) is 9.03. The number of rotatable bonds is 7. The molecule has 170 valence electrons. The van der Waals surface area contributed by atoms with Gasteiger partial charge in [-0.25, -0.2) is 17.7 Å². The van der Waals surface area contributed by atoms with Gasteiger partial charge in [-0.05, 0) is 36.8 Å². The summed E-state index contributed by atoms with van der Waals surface area (Å²) in [6, 6.07) is 7.03. The number of nitrogens with one attached hydrogen (secondary N) is 2. The molecule has 1 saturated heterocycles. The fraction of sp³-hybridized carbons (Fsp3) is 0.682. The molecule has 0 aromatic heterocycles. The van der Waals surface area contributed by atoms with Crippen molar-refractivity contribution in [1.29, 1.82) is 0 Å². The van der Waals surface area contributed by atoms with Crippen LogP contribution in [-0.2, 0) is 21.3 Å². The van der Waals surface area contributed by atoms with Crippen molar-refractivity contribution < 1.29 is 13.2 Å². The fourth-order valence-corrected chi connectivity index (χ4v) is 4.93. The van der Waals surface area contributed by atoms with Crippen LogP contribution in [0.1, 0.15) is 46.1 Å². The van der Waals surface area contributed by atoms with Gasteiger partial charge in [0, 0.05) is 39.7 Å². The maximum Gasteiger partial charge on any atom is 0.242 e. The molecule has 2 N–H and O–H groups in total. The number of aliphatic imine (C=N–C) groups is 1. The van der Waals surface area contributed by atoms with Gasteiger partial charge in [-0.3, -0.25) is 0 Å². The normalized spacial score (nSPS) is 21.0. The first-order valence-electron chi connectivity index (χ1n) is 10.7. The Bertz CT molecular complexity index is 816. The molecule has 0 saturated carbocycles. The van der Waals surface area contributed by atoms with Crippen LogP contribution >= 0.6 is 0 Å². The standard InChI is InChI=1S/C22H38N4O3S/c1-7-23-21(25-16-18-12-10-14-29-20(18)22(2,3)4)24-15-17-11-8-9-13-19(17)30(27,28)26(5)6/h8-9,11,13,18,20H,7,10,12,14-16H2,1-6H3,(H2,23,24,25). The Hall–Kier alpha value is -1.64. The number of sulfonamides is 1. The lowest BCUT2D eigenvalue weighted by Crippen LogP contribution is -2.47. The lowest BCUT2D eigenvalue weighted by Gasteiger charge is -2.40. The first-order valence-corrected chi connectivity index (χ1v) is 12.2. The van der Waals surface area contributed by atoms with Crippen molar-refractivity contribution in [2.24, 2.45) is 16.3 Å². The highest BCUT2D eigenvalue weighted by Gasteiger charge is 2.35. The predicted molar refractivity (Wildman–Crippen MR) is 122 cm³/mol. The minimum absolute atomic E-state index is 0.0851. The smallest absolute Gasteiger partial charge is 0.242 e. The van der Waals surface area contributed by atoms with E-state index in [0.717, 1.165) is 32.5 Å². The third-order valence-corrected chi connectivity index (χ3v) is 7.23. The van der Waals surface area contributed by atoms with Crippen molar-refractivity contribution in [3.8, 4) is 0 Å². The molecule has 2 rings (SSSR count). The average molecular weight is 439 g/mol. The third-order valence-electron chi connectivity index (χ3n) is 5.31. The molecular formula is C22H38N4O3S. The Labute approximate surface area is 182 Å². The summed E-state index contributed by atoms with van der Waals surface area (Å²) in [4.78, 5) is 4.95. The monoisotopic (exact) mass is 438 g/mol. The van der Waals surface area contributed by atoms with Gasteiger partial charge in [-0.1, -0.05) is 39.0 Å². The first kappa shape index (κ1) is 24.6. The Morgan fingerprint density at radius 2 is 1.93 bits per heavy atom. The van der Waals surface area contributed by atoms with E-state index in [0.29, 0.717) is 22.3 Å². The van der Waals surface area contributed by atoms with Gasteiger partial charge in [-0.2, -0.15) is 0 Å². The minimum atomic E-state index is -3.51. The zero-order chi connectivity index (χ0) is 22.4. The maximum absolute atomic E-state index is 12.6. The average Bonchev–Trinajstić information content (AvgIpc) is 2.69. The molecule has 1 aromatic rings. The summed E-state index contributed by atoms with van der Waals surface area (Å²) < 4.78 is 32.5. The Morgan fingerprint density at radius 1 is 1.23 bits per heavy atom. The Balaban J connectivity index is 2.14. The van der Waals surface area contributed by atoms with Crippen LogP contribution in [0.25, 0.3) is 0 Å².